The first kappa shape index (κ1) is 18.2. The lowest BCUT2D eigenvalue weighted by Gasteiger charge is -2.28. The number of hydrogen-bond donors (Lipinski definition) is 2. The number of nitrogens with zero attached hydrogens (tertiary/aromatic N) is 3. The molecular weight excluding hydrogens is 406 g/mol. The molecule has 0 bridgehead atoms. The zero-order valence-electron chi connectivity index (χ0n) is 14.1. The number of nitrogens with one attached hydrogen (secondary N) is 2. The summed E-state index contributed by atoms with van der Waals surface area (Å²) in [7, 11) is -3.65. The first-order valence-corrected chi connectivity index (χ1v) is 10.9. The molecule has 0 saturated carbocycles. The van der Waals surface area contributed by atoms with E-state index in [1.165, 1.54) is 9.82 Å². The number of halogens is 1. The quantitative estimate of drug-likeness (QED) is 0.656. The number of rotatable bonds is 5. The maximum atomic E-state index is 12.5. The molecule has 140 valence electrons. The Bertz CT molecular complexity index is 1040. The molecule has 0 saturated heterocycles. The average Bonchev–Trinajstić information content (AvgIpc) is 3.15. The van der Waals surface area contributed by atoms with Crippen LogP contribution in [0.4, 0.5) is 16.5 Å². The third-order valence-electron chi connectivity index (χ3n) is 4.23. The standard InChI is InChI=1S/C17H16ClN5O2S2/c18-14-2-5-15(6-3-14)20-16-4-1-13-10-23(8-7-12(13)9-16)27(24,25)22-17-21-19-11-26-17/h1-6,9,11,20H,7-8,10H2,(H,21,22). The lowest BCUT2D eigenvalue weighted by molar-refractivity contribution is 0.394. The van der Waals surface area contributed by atoms with E-state index < -0.39 is 10.2 Å². The van der Waals surface area contributed by atoms with E-state index in [9.17, 15) is 8.42 Å². The monoisotopic (exact) mass is 421 g/mol. The van der Waals surface area contributed by atoms with Gasteiger partial charge >= 0.3 is 10.2 Å². The zero-order valence-corrected chi connectivity index (χ0v) is 16.5. The third kappa shape index (κ3) is 4.22. The zero-order chi connectivity index (χ0) is 18.9. The molecule has 0 aliphatic carbocycles. The van der Waals surface area contributed by atoms with Gasteiger partial charge in [0.05, 0.1) is 0 Å². The van der Waals surface area contributed by atoms with E-state index in [1.54, 1.807) is 0 Å². The van der Waals surface area contributed by atoms with E-state index in [4.69, 9.17) is 11.6 Å². The van der Waals surface area contributed by atoms with Crippen LogP contribution in [0.3, 0.4) is 0 Å². The Kier molecular flexibility index (Phi) is 5.00. The predicted octanol–water partition coefficient (Wildman–Crippen LogP) is 3.65. The maximum Gasteiger partial charge on any atom is 0.303 e. The molecule has 10 heteroatoms. The highest BCUT2D eigenvalue weighted by Gasteiger charge is 2.27. The Labute approximate surface area is 166 Å². The fraction of sp³-hybridized carbons (Fsp3) is 0.176. The Balaban J connectivity index is 1.48. The molecule has 0 spiro atoms. The summed E-state index contributed by atoms with van der Waals surface area (Å²) in [5.41, 5.74) is 5.51. The van der Waals surface area contributed by atoms with Gasteiger partial charge in [0.25, 0.3) is 0 Å². The summed E-state index contributed by atoms with van der Waals surface area (Å²) in [6.45, 7) is 0.732. The van der Waals surface area contributed by atoms with Crippen LogP contribution in [0.1, 0.15) is 11.1 Å². The Morgan fingerprint density at radius 3 is 2.59 bits per heavy atom. The van der Waals surface area contributed by atoms with Crippen molar-refractivity contribution < 1.29 is 8.42 Å². The van der Waals surface area contributed by atoms with Crippen LogP contribution in [0.25, 0.3) is 0 Å². The van der Waals surface area contributed by atoms with Gasteiger partial charge in [-0.3, -0.25) is 0 Å². The number of anilines is 3. The average molecular weight is 422 g/mol. The SMILES string of the molecule is O=S(=O)(Nc1nncs1)N1CCc2cc(Nc3ccc(Cl)cc3)ccc2C1. The molecule has 0 unspecified atom stereocenters. The van der Waals surface area contributed by atoms with Crippen molar-refractivity contribution in [3.8, 4) is 0 Å². The molecule has 27 heavy (non-hydrogen) atoms. The van der Waals surface area contributed by atoms with Gasteiger partial charge in [-0.15, -0.1) is 10.2 Å². The lowest BCUT2D eigenvalue weighted by Crippen LogP contribution is -2.39. The first-order chi connectivity index (χ1) is 13.0. The fourth-order valence-corrected chi connectivity index (χ4v) is 4.86. The minimum absolute atomic E-state index is 0.267. The molecule has 0 atom stereocenters. The summed E-state index contributed by atoms with van der Waals surface area (Å²) in [5.74, 6) is 0. The van der Waals surface area contributed by atoms with Crippen LogP contribution in [0.5, 0.6) is 0 Å². The van der Waals surface area contributed by atoms with Gasteiger partial charge in [0.2, 0.25) is 5.13 Å². The van der Waals surface area contributed by atoms with Gasteiger partial charge in [-0.05, 0) is 53.9 Å². The van der Waals surface area contributed by atoms with Crippen molar-refractivity contribution in [3.05, 3.63) is 64.1 Å². The second-order valence-corrected chi connectivity index (χ2v) is 8.99. The van der Waals surface area contributed by atoms with E-state index in [2.05, 4.69) is 26.3 Å². The van der Waals surface area contributed by atoms with Crippen LogP contribution in [-0.4, -0.2) is 29.5 Å². The molecule has 2 aromatic carbocycles. The van der Waals surface area contributed by atoms with Crippen LogP contribution in [0, 0.1) is 0 Å². The summed E-state index contributed by atoms with van der Waals surface area (Å²) >= 11 is 7.06. The van der Waals surface area contributed by atoms with E-state index in [-0.39, 0.29) is 5.13 Å². The van der Waals surface area contributed by atoms with Crippen LogP contribution < -0.4 is 10.0 Å². The van der Waals surface area contributed by atoms with Crippen molar-refractivity contribution in [2.75, 3.05) is 16.6 Å². The molecule has 1 aliphatic rings. The molecule has 4 rings (SSSR count). The number of hydrogen-bond acceptors (Lipinski definition) is 6. The Hall–Kier alpha value is -2.20. The van der Waals surface area contributed by atoms with Crippen LogP contribution in [0.15, 0.2) is 48.0 Å². The highest BCUT2D eigenvalue weighted by molar-refractivity contribution is 7.90. The molecular formula is C17H16ClN5O2S2. The summed E-state index contributed by atoms with van der Waals surface area (Å²) in [6.07, 6.45) is 0.641. The summed E-state index contributed by atoms with van der Waals surface area (Å²) in [4.78, 5) is 0. The van der Waals surface area contributed by atoms with Gasteiger partial charge in [-0.1, -0.05) is 29.0 Å². The normalized spacial score (nSPS) is 14.6. The molecule has 7 nitrogen and oxygen atoms in total. The fourth-order valence-electron chi connectivity index (χ4n) is 2.90. The van der Waals surface area contributed by atoms with Crippen molar-refractivity contribution in [1.29, 1.82) is 0 Å². The molecule has 0 fully saturated rings. The van der Waals surface area contributed by atoms with Gasteiger partial charge in [0, 0.05) is 29.5 Å². The largest absolute Gasteiger partial charge is 0.356 e. The van der Waals surface area contributed by atoms with Crippen molar-refractivity contribution in [2.24, 2.45) is 0 Å². The molecule has 3 aromatic rings. The third-order valence-corrected chi connectivity index (χ3v) is 6.66. The first-order valence-electron chi connectivity index (χ1n) is 8.18. The number of benzene rings is 2. The summed E-state index contributed by atoms with van der Waals surface area (Å²) < 4.78 is 28.9. The van der Waals surface area contributed by atoms with Crippen LogP contribution >= 0.6 is 22.9 Å². The van der Waals surface area contributed by atoms with Crippen LogP contribution in [0.2, 0.25) is 5.02 Å². The minimum atomic E-state index is -3.65. The van der Waals surface area contributed by atoms with Crippen molar-refractivity contribution in [2.45, 2.75) is 13.0 Å². The van der Waals surface area contributed by atoms with Crippen molar-refractivity contribution in [3.63, 3.8) is 0 Å². The summed E-state index contributed by atoms with van der Waals surface area (Å²) in [6, 6.07) is 13.4. The minimum Gasteiger partial charge on any atom is -0.356 e. The number of fused-ring (bicyclic) bond motifs is 1. The smallest absolute Gasteiger partial charge is 0.303 e. The van der Waals surface area contributed by atoms with Gasteiger partial charge in [0.15, 0.2) is 0 Å². The highest BCUT2D eigenvalue weighted by atomic mass is 35.5. The Morgan fingerprint density at radius 2 is 1.85 bits per heavy atom. The van der Waals surface area contributed by atoms with Crippen molar-refractivity contribution >= 4 is 49.7 Å². The highest BCUT2D eigenvalue weighted by Crippen LogP contribution is 2.27. The topological polar surface area (TPSA) is 87.2 Å². The van der Waals surface area contributed by atoms with E-state index in [1.807, 2.05) is 36.4 Å². The lowest BCUT2D eigenvalue weighted by atomic mass is 10.0. The molecule has 1 aromatic heterocycles. The summed E-state index contributed by atoms with van der Waals surface area (Å²) in [5, 5.41) is 11.7. The van der Waals surface area contributed by atoms with Gasteiger partial charge in [-0.25, -0.2) is 4.72 Å². The second kappa shape index (κ2) is 7.43. The van der Waals surface area contributed by atoms with E-state index in [0.29, 0.717) is 24.5 Å². The number of aromatic nitrogens is 2. The maximum absolute atomic E-state index is 12.5. The molecule has 0 radical (unpaired) electrons. The van der Waals surface area contributed by atoms with Gasteiger partial charge < -0.3 is 5.32 Å². The second-order valence-electron chi connectivity index (χ2n) is 6.05. The molecule has 1 aliphatic heterocycles. The van der Waals surface area contributed by atoms with E-state index >= 15 is 0 Å². The van der Waals surface area contributed by atoms with Gasteiger partial charge in [0.1, 0.15) is 5.51 Å². The van der Waals surface area contributed by atoms with Crippen molar-refractivity contribution in [1.82, 2.24) is 14.5 Å². The predicted molar refractivity (Wildman–Crippen MR) is 108 cm³/mol. The molecule has 0 amide bonds. The molecule has 2 heterocycles. The van der Waals surface area contributed by atoms with Gasteiger partial charge in [-0.2, -0.15) is 12.7 Å². The van der Waals surface area contributed by atoms with Crippen LogP contribution in [-0.2, 0) is 23.2 Å². The Morgan fingerprint density at radius 1 is 1.07 bits per heavy atom. The molecule has 2 N–H and O–H groups in total. The van der Waals surface area contributed by atoms with E-state index in [0.717, 1.165) is 33.8 Å².